The van der Waals surface area contributed by atoms with E-state index in [1.54, 1.807) is 9.42 Å². The molecular formula is C13H17N5O4S2. The number of aryl methyl sites for hydroxylation is 2. The summed E-state index contributed by atoms with van der Waals surface area (Å²) in [5.74, 6) is 0.676. The Kier molecular flexibility index (Phi) is 3.81. The summed E-state index contributed by atoms with van der Waals surface area (Å²) in [6.07, 6.45) is 0.421. The Morgan fingerprint density at radius 2 is 2.21 bits per heavy atom. The molecule has 0 saturated carbocycles. The lowest BCUT2D eigenvalue weighted by atomic mass is 10.1. The van der Waals surface area contributed by atoms with E-state index < -0.39 is 9.84 Å². The van der Waals surface area contributed by atoms with Gasteiger partial charge in [-0.3, -0.25) is 4.79 Å². The number of fused-ring (bicyclic) bond motifs is 2. The Hall–Kier alpha value is -1.59. The maximum Gasteiger partial charge on any atom is 0.234 e. The molecule has 1 amide bonds. The van der Waals surface area contributed by atoms with Crippen LogP contribution in [-0.4, -0.2) is 75.8 Å². The fourth-order valence-corrected chi connectivity index (χ4v) is 5.99. The maximum absolute atomic E-state index is 12.6. The van der Waals surface area contributed by atoms with Gasteiger partial charge in [-0.15, -0.1) is 10.2 Å². The average molecular weight is 371 g/mol. The van der Waals surface area contributed by atoms with Crippen molar-refractivity contribution >= 4 is 32.0 Å². The molecule has 0 N–H and O–H groups in total. The standard InChI is InChI=1S/C13H17N5O4S2/c1-8-14-15-13-18(8)16-11(23-13)2-3-12(19)17-4-5-22-10-7-24(20,21)6-9(10)17/h9-10H,2-7H2,1H3. The van der Waals surface area contributed by atoms with Crippen LogP contribution in [0, 0.1) is 6.92 Å². The number of nitrogens with zero attached hydrogens (tertiary/aromatic N) is 5. The van der Waals surface area contributed by atoms with Gasteiger partial charge in [0.15, 0.2) is 15.7 Å². The molecule has 2 unspecified atom stereocenters. The Morgan fingerprint density at radius 1 is 1.38 bits per heavy atom. The third-order valence-corrected chi connectivity index (χ3v) is 7.04. The summed E-state index contributed by atoms with van der Waals surface area (Å²) in [7, 11) is -3.12. The van der Waals surface area contributed by atoms with Crippen molar-refractivity contribution < 1.29 is 17.9 Å². The van der Waals surface area contributed by atoms with E-state index in [0.29, 0.717) is 36.8 Å². The van der Waals surface area contributed by atoms with Crippen LogP contribution >= 0.6 is 11.3 Å². The van der Waals surface area contributed by atoms with E-state index in [-0.39, 0.29) is 29.6 Å². The highest BCUT2D eigenvalue weighted by atomic mass is 32.2. The van der Waals surface area contributed by atoms with Crippen LogP contribution in [0.5, 0.6) is 0 Å². The van der Waals surface area contributed by atoms with E-state index in [2.05, 4.69) is 15.3 Å². The van der Waals surface area contributed by atoms with E-state index in [9.17, 15) is 13.2 Å². The van der Waals surface area contributed by atoms with Crippen molar-refractivity contribution in [1.29, 1.82) is 0 Å². The molecule has 4 rings (SSSR count). The zero-order valence-electron chi connectivity index (χ0n) is 13.1. The van der Waals surface area contributed by atoms with Crippen molar-refractivity contribution in [2.45, 2.75) is 31.9 Å². The lowest BCUT2D eigenvalue weighted by Gasteiger charge is -2.36. The number of morpholine rings is 1. The van der Waals surface area contributed by atoms with Crippen molar-refractivity contribution in [2.75, 3.05) is 24.7 Å². The molecule has 2 aromatic heterocycles. The third-order valence-electron chi connectivity index (χ3n) is 4.40. The molecule has 0 radical (unpaired) electrons. The van der Waals surface area contributed by atoms with Gasteiger partial charge in [0, 0.05) is 19.4 Å². The molecule has 2 atom stereocenters. The van der Waals surface area contributed by atoms with Crippen LogP contribution in [0.15, 0.2) is 0 Å². The zero-order chi connectivity index (χ0) is 16.9. The SMILES string of the molecule is Cc1nnc2sc(CCC(=O)N3CCOC4CS(=O)(=O)CC43)nn12. The topological polar surface area (TPSA) is 107 Å². The van der Waals surface area contributed by atoms with Gasteiger partial charge in [-0.2, -0.15) is 9.61 Å². The highest BCUT2D eigenvalue weighted by Crippen LogP contribution is 2.25. The molecule has 0 bridgehead atoms. The third kappa shape index (κ3) is 2.80. The first-order chi connectivity index (χ1) is 11.4. The number of aromatic nitrogens is 4. The maximum atomic E-state index is 12.6. The van der Waals surface area contributed by atoms with Gasteiger partial charge in [0.05, 0.1) is 30.3 Å². The molecule has 130 valence electrons. The molecule has 0 aliphatic carbocycles. The highest BCUT2D eigenvalue weighted by Gasteiger charge is 2.45. The molecule has 2 saturated heterocycles. The molecule has 2 aromatic rings. The monoisotopic (exact) mass is 371 g/mol. The normalized spacial score (nSPS) is 26.0. The van der Waals surface area contributed by atoms with Crippen LogP contribution in [-0.2, 0) is 25.8 Å². The summed E-state index contributed by atoms with van der Waals surface area (Å²) in [5, 5.41) is 13.2. The second kappa shape index (κ2) is 5.74. The Morgan fingerprint density at radius 3 is 3.00 bits per heavy atom. The van der Waals surface area contributed by atoms with Crippen molar-refractivity contribution in [3.8, 4) is 0 Å². The van der Waals surface area contributed by atoms with E-state index in [1.165, 1.54) is 11.3 Å². The summed E-state index contributed by atoms with van der Waals surface area (Å²) in [4.78, 5) is 14.9. The van der Waals surface area contributed by atoms with E-state index in [0.717, 1.165) is 5.01 Å². The molecule has 11 heteroatoms. The fourth-order valence-electron chi connectivity index (χ4n) is 3.24. The molecule has 2 fully saturated rings. The average Bonchev–Trinajstić information content (AvgIpc) is 3.17. The zero-order valence-corrected chi connectivity index (χ0v) is 14.7. The minimum Gasteiger partial charge on any atom is -0.373 e. The summed E-state index contributed by atoms with van der Waals surface area (Å²) < 4.78 is 30.8. The van der Waals surface area contributed by atoms with Crippen LogP contribution in [0.4, 0.5) is 0 Å². The molecule has 9 nitrogen and oxygen atoms in total. The first-order valence-corrected chi connectivity index (χ1v) is 10.4. The second-order valence-electron chi connectivity index (χ2n) is 6.08. The van der Waals surface area contributed by atoms with Crippen molar-refractivity contribution in [3.05, 3.63) is 10.8 Å². The van der Waals surface area contributed by atoms with E-state index in [4.69, 9.17) is 4.74 Å². The predicted octanol–water partition coefficient (Wildman–Crippen LogP) is -0.549. The molecule has 4 heterocycles. The summed E-state index contributed by atoms with van der Waals surface area (Å²) in [5.41, 5.74) is 0. The van der Waals surface area contributed by atoms with Crippen LogP contribution in [0.25, 0.3) is 4.96 Å². The van der Waals surface area contributed by atoms with E-state index in [1.807, 2.05) is 6.92 Å². The Labute approximate surface area is 142 Å². The summed E-state index contributed by atoms with van der Waals surface area (Å²) in [6.45, 7) is 2.65. The van der Waals surface area contributed by atoms with Gasteiger partial charge in [0.2, 0.25) is 10.9 Å². The lowest BCUT2D eigenvalue weighted by molar-refractivity contribution is -0.142. The van der Waals surface area contributed by atoms with Gasteiger partial charge in [0.1, 0.15) is 5.01 Å². The minimum atomic E-state index is -3.12. The Bertz CT molecular complexity index is 889. The van der Waals surface area contributed by atoms with Crippen LogP contribution in [0.3, 0.4) is 0 Å². The van der Waals surface area contributed by atoms with Gasteiger partial charge < -0.3 is 9.64 Å². The number of ether oxygens (including phenoxy) is 1. The lowest BCUT2D eigenvalue weighted by Crippen LogP contribution is -2.53. The van der Waals surface area contributed by atoms with Crippen LogP contribution < -0.4 is 0 Å². The van der Waals surface area contributed by atoms with Crippen molar-refractivity contribution in [3.63, 3.8) is 0 Å². The number of sulfone groups is 1. The first-order valence-electron chi connectivity index (χ1n) is 7.72. The largest absolute Gasteiger partial charge is 0.373 e. The number of hydrogen-bond donors (Lipinski definition) is 0. The van der Waals surface area contributed by atoms with Crippen LogP contribution in [0.2, 0.25) is 0 Å². The predicted molar refractivity (Wildman–Crippen MR) is 85.6 cm³/mol. The summed E-state index contributed by atoms with van der Waals surface area (Å²) in [6, 6.07) is -0.351. The smallest absolute Gasteiger partial charge is 0.234 e. The number of carbonyl (C=O) groups excluding carboxylic acids is 1. The minimum absolute atomic E-state index is 0.000649. The molecule has 24 heavy (non-hydrogen) atoms. The number of carbonyl (C=O) groups is 1. The molecular weight excluding hydrogens is 354 g/mol. The van der Waals surface area contributed by atoms with E-state index >= 15 is 0 Å². The van der Waals surface area contributed by atoms with Gasteiger partial charge >= 0.3 is 0 Å². The van der Waals surface area contributed by atoms with Crippen LogP contribution in [0.1, 0.15) is 17.3 Å². The van der Waals surface area contributed by atoms with Crippen molar-refractivity contribution in [2.24, 2.45) is 0 Å². The molecule has 0 spiro atoms. The first kappa shape index (κ1) is 15.9. The van der Waals surface area contributed by atoms with Gasteiger partial charge in [-0.1, -0.05) is 11.3 Å². The quantitative estimate of drug-likeness (QED) is 0.712. The van der Waals surface area contributed by atoms with Gasteiger partial charge in [-0.25, -0.2) is 8.42 Å². The fraction of sp³-hybridized carbons (Fsp3) is 0.692. The number of hydrogen-bond acceptors (Lipinski definition) is 8. The number of amides is 1. The number of rotatable bonds is 3. The summed E-state index contributed by atoms with van der Waals surface area (Å²) >= 11 is 1.41. The molecule has 0 aromatic carbocycles. The molecule has 2 aliphatic heterocycles. The highest BCUT2D eigenvalue weighted by molar-refractivity contribution is 7.91. The van der Waals surface area contributed by atoms with Gasteiger partial charge in [-0.05, 0) is 6.92 Å². The van der Waals surface area contributed by atoms with Crippen molar-refractivity contribution in [1.82, 2.24) is 24.7 Å². The Balaban J connectivity index is 1.43. The molecule has 2 aliphatic rings. The van der Waals surface area contributed by atoms with Gasteiger partial charge in [0.25, 0.3) is 0 Å². The second-order valence-corrected chi connectivity index (χ2v) is 9.27.